The number of carbonyl (C=O) groups excluding carboxylic acids is 1. The number of fused-ring (bicyclic) bond motifs is 1. The summed E-state index contributed by atoms with van der Waals surface area (Å²) in [7, 11) is 0. The van der Waals surface area contributed by atoms with E-state index in [1.165, 1.54) is 0 Å². The number of nitrogens with one attached hydrogen (secondary N) is 1. The summed E-state index contributed by atoms with van der Waals surface area (Å²) in [4.78, 5) is 22.1. The Hall–Kier alpha value is -2.44. The molecule has 6 nitrogen and oxygen atoms in total. The second-order valence-electron chi connectivity index (χ2n) is 8.26. The summed E-state index contributed by atoms with van der Waals surface area (Å²) in [5.41, 5.74) is 3.56. The van der Waals surface area contributed by atoms with Crippen molar-refractivity contribution in [2.75, 3.05) is 5.32 Å². The van der Waals surface area contributed by atoms with E-state index >= 15 is 0 Å². The number of aryl methyl sites for hydroxylation is 2. The Labute approximate surface area is 179 Å². The Morgan fingerprint density at radius 1 is 1.00 bits per heavy atom. The first-order chi connectivity index (χ1) is 13.6. The third-order valence-electron chi connectivity index (χ3n) is 4.83. The van der Waals surface area contributed by atoms with Crippen LogP contribution in [0.3, 0.4) is 0 Å². The van der Waals surface area contributed by atoms with E-state index in [-0.39, 0.29) is 11.2 Å². The lowest BCUT2D eigenvalue weighted by Gasteiger charge is -2.28. The molecule has 0 fully saturated rings. The molecule has 150 valence electrons. The molecule has 29 heavy (non-hydrogen) atoms. The van der Waals surface area contributed by atoms with Crippen molar-refractivity contribution >= 4 is 40.5 Å². The highest BCUT2D eigenvalue weighted by Gasteiger charge is 2.37. The van der Waals surface area contributed by atoms with Gasteiger partial charge in [-0.05, 0) is 49.9 Å². The Kier molecular flexibility index (Phi) is 4.87. The molecule has 1 N–H and O–H groups in total. The van der Waals surface area contributed by atoms with Crippen molar-refractivity contribution in [3.63, 3.8) is 0 Å². The fourth-order valence-corrected chi connectivity index (χ4v) is 4.29. The highest BCUT2D eigenvalue weighted by atomic mass is 35.5. The molecule has 0 radical (unpaired) electrons. The quantitative estimate of drug-likeness (QED) is 0.595. The molecule has 0 bridgehead atoms. The number of carbonyl (C=O) groups is 1. The van der Waals surface area contributed by atoms with Crippen molar-refractivity contribution < 1.29 is 4.79 Å². The van der Waals surface area contributed by atoms with Crippen LogP contribution in [0, 0.1) is 19.3 Å². The first-order valence-electron chi connectivity index (χ1n) is 9.32. The lowest BCUT2D eigenvalue weighted by atomic mass is 9.76. The molecule has 2 heterocycles. The van der Waals surface area contributed by atoms with Gasteiger partial charge in [-0.3, -0.25) is 4.79 Å². The predicted molar refractivity (Wildman–Crippen MR) is 115 cm³/mol. The standard InChI is InChI=1S/C21H21Cl2N5O/c1-11-5-12(2)25-20(24-11)28-16-9-21(3,4)10-17(29)18(16)19(27-28)26-15-7-13(22)6-14(23)8-15/h5-8H,9-10H2,1-4H3,(H,26,27). The third kappa shape index (κ3) is 4.00. The average Bonchev–Trinajstić information content (AvgIpc) is 2.90. The summed E-state index contributed by atoms with van der Waals surface area (Å²) in [5, 5.41) is 8.90. The molecule has 1 aliphatic carbocycles. The molecular formula is C21H21Cl2N5O. The number of benzene rings is 1. The molecule has 0 saturated heterocycles. The van der Waals surface area contributed by atoms with E-state index in [2.05, 4.69) is 34.2 Å². The molecular weight excluding hydrogens is 409 g/mol. The van der Waals surface area contributed by atoms with E-state index in [1.54, 1.807) is 22.9 Å². The summed E-state index contributed by atoms with van der Waals surface area (Å²) < 4.78 is 1.68. The van der Waals surface area contributed by atoms with Crippen LogP contribution in [0.5, 0.6) is 0 Å². The predicted octanol–water partition coefficient (Wildman–Crippen LogP) is 5.48. The molecule has 4 rings (SSSR count). The highest BCUT2D eigenvalue weighted by Crippen LogP contribution is 2.39. The van der Waals surface area contributed by atoms with E-state index < -0.39 is 0 Å². The van der Waals surface area contributed by atoms with Crippen molar-refractivity contribution in [3.8, 4) is 5.95 Å². The molecule has 8 heteroatoms. The number of halogens is 2. The van der Waals surface area contributed by atoms with E-state index in [4.69, 9.17) is 23.2 Å². The minimum atomic E-state index is -0.169. The van der Waals surface area contributed by atoms with E-state index in [0.29, 0.717) is 45.9 Å². The van der Waals surface area contributed by atoms with Crippen LogP contribution in [0.1, 0.15) is 47.7 Å². The smallest absolute Gasteiger partial charge is 0.251 e. The molecule has 0 atom stereocenters. The minimum Gasteiger partial charge on any atom is -0.338 e. The van der Waals surface area contributed by atoms with Crippen LogP contribution in [0.2, 0.25) is 10.0 Å². The molecule has 3 aromatic rings. The second-order valence-corrected chi connectivity index (χ2v) is 9.13. The summed E-state index contributed by atoms with van der Waals surface area (Å²) in [6.45, 7) is 7.99. The summed E-state index contributed by atoms with van der Waals surface area (Å²) in [6.07, 6.45) is 1.14. The number of nitrogens with zero attached hydrogens (tertiary/aromatic N) is 4. The van der Waals surface area contributed by atoms with Gasteiger partial charge < -0.3 is 5.32 Å². The number of Topliss-reactive ketones (excluding diaryl/α,β-unsaturated/α-hetero) is 1. The van der Waals surface area contributed by atoms with Crippen molar-refractivity contribution in [3.05, 3.63) is 57.0 Å². The molecule has 0 amide bonds. The van der Waals surface area contributed by atoms with Crippen LogP contribution in [0.15, 0.2) is 24.3 Å². The Bertz CT molecular complexity index is 1100. The van der Waals surface area contributed by atoms with Gasteiger partial charge in [0.2, 0.25) is 0 Å². The van der Waals surface area contributed by atoms with E-state index in [9.17, 15) is 4.79 Å². The number of ketones is 1. The van der Waals surface area contributed by atoms with Crippen LogP contribution in [0.4, 0.5) is 11.5 Å². The summed E-state index contributed by atoms with van der Waals surface area (Å²) in [6, 6.07) is 7.04. The fraction of sp³-hybridized carbons (Fsp3) is 0.333. The largest absolute Gasteiger partial charge is 0.338 e. The number of aromatic nitrogens is 4. The number of hydrogen-bond acceptors (Lipinski definition) is 5. The van der Waals surface area contributed by atoms with Gasteiger partial charge >= 0.3 is 0 Å². The lowest BCUT2D eigenvalue weighted by molar-refractivity contribution is 0.0911. The maximum absolute atomic E-state index is 13.0. The molecule has 0 saturated carbocycles. The van der Waals surface area contributed by atoms with Gasteiger partial charge in [-0.15, -0.1) is 5.10 Å². The first-order valence-corrected chi connectivity index (χ1v) is 10.1. The van der Waals surface area contributed by atoms with Crippen LogP contribution < -0.4 is 5.32 Å². The maximum Gasteiger partial charge on any atom is 0.251 e. The van der Waals surface area contributed by atoms with Crippen molar-refractivity contribution in [1.29, 1.82) is 0 Å². The van der Waals surface area contributed by atoms with Crippen LogP contribution in [-0.2, 0) is 6.42 Å². The Morgan fingerprint density at radius 3 is 2.24 bits per heavy atom. The molecule has 1 aromatic carbocycles. The zero-order valence-electron chi connectivity index (χ0n) is 16.7. The van der Waals surface area contributed by atoms with E-state index in [1.807, 2.05) is 19.9 Å². The monoisotopic (exact) mass is 429 g/mol. The molecule has 0 unspecified atom stereocenters. The van der Waals surface area contributed by atoms with Crippen LogP contribution in [0.25, 0.3) is 5.95 Å². The second kappa shape index (κ2) is 7.11. The fourth-order valence-electron chi connectivity index (χ4n) is 3.77. The molecule has 1 aliphatic rings. The zero-order chi connectivity index (χ0) is 20.9. The summed E-state index contributed by atoms with van der Waals surface area (Å²) >= 11 is 12.2. The van der Waals surface area contributed by atoms with Gasteiger partial charge in [-0.25, -0.2) is 14.6 Å². The van der Waals surface area contributed by atoms with Gasteiger partial charge in [-0.1, -0.05) is 37.0 Å². The Morgan fingerprint density at radius 2 is 1.62 bits per heavy atom. The average molecular weight is 430 g/mol. The van der Waals surface area contributed by atoms with Gasteiger partial charge in [0.25, 0.3) is 5.95 Å². The van der Waals surface area contributed by atoms with E-state index in [0.717, 1.165) is 17.1 Å². The van der Waals surface area contributed by atoms with Gasteiger partial charge in [0.05, 0.1) is 11.3 Å². The maximum atomic E-state index is 13.0. The van der Waals surface area contributed by atoms with Crippen molar-refractivity contribution in [1.82, 2.24) is 19.7 Å². The first kappa shape index (κ1) is 19.9. The number of rotatable bonds is 3. The Balaban J connectivity index is 1.88. The number of hydrogen-bond donors (Lipinski definition) is 1. The van der Waals surface area contributed by atoms with Gasteiger partial charge in [-0.2, -0.15) is 0 Å². The van der Waals surface area contributed by atoms with Crippen LogP contribution in [-0.4, -0.2) is 25.5 Å². The molecule has 0 aliphatic heterocycles. The summed E-state index contributed by atoms with van der Waals surface area (Å²) in [5.74, 6) is 0.963. The van der Waals surface area contributed by atoms with Crippen molar-refractivity contribution in [2.24, 2.45) is 5.41 Å². The van der Waals surface area contributed by atoms with Gasteiger partial charge in [0, 0.05) is 33.5 Å². The highest BCUT2D eigenvalue weighted by molar-refractivity contribution is 6.35. The zero-order valence-corrected chi connectivity index (χ0v) is 18.2. The molecule has 2 aromatic heterocycles. The van der Waals surface area contributed by atoms with Gasteiger partial charge in [0.1, 0.15) is 0 Å². The molecule has 0 spiro atoms. The lowest BCUT2D eigenvalue weighted by Crippen LogP contribution is -2.28. The SMILES string of the molecule is Cc1cc(C)nc(-n2nc(Nc3cc(Cl)cc(Cl)c3)c3c2CC(C)(C)CC3=O)n1. The normalized spacial score (nSPS) is 15.3. The van der Waals surface area contributed by atoms with Crippen LogP contribution >= 0.6 is 23.2 Å². The van der Waals surface area contributed by atoms with Crippen molar-refractivity contribution in [2.45, 2.75) is 40.5 Å². The minimum absolute atomic E-state index is 0.0440. The third-order valence-corrected chi connectivity index (χ3v) is 5.27. The van der Waals surface area contributed by atoms with Gasteiger partial charge in [0.15, 0.2) is 11.6 Å². The number of anilines is 2. The topological polar surface area (TPSA) is 72.7 Å².